The standard InChI is InChI=1S/C25H22N4O2/c30-24-14-20(27-22-6-2-1-5-21(22)24)16-29-12-10-17-8-9-19(13-18(17)15-29)28-25(31)23-7-3-4-11-26-23/h1-9,11,13-14H,10,12,15-16H2,(H,27,30)(H,28,31). The summed E-state index contributed by atoms with van der Waals surface area (Å²) in [6, 6.07) is 20.6. The van der Waals surface area contributed by atoms with Gasteiger partial charge in [0.25, 0.3) is 5.91 Å². The fourth-order valence-electron chi connectivity index (χ4n) is 4.10. The Morgan fingerprint density at radius 2 is 1.90 bits per heavy atom. The van der Waals surface area contributed by atoms with Gasteiger partial charge in [0, 0.05) is 54.2 Å². The van der Waals surface area contributed by atoms with Crippen molar-refractivity contribution in [3.63, 3.8) is 0 Å². The highest BCUT2D eigenvalue weighted by atomic mass is 16.1. The molecule has 4 aromatic rings. The molecule has 0 spiro atoms. The number of anilines is 1. The van der Waals surface area contributed by atoms with Gasteiger partial charge in [-0.25, -0.2) is 0 Å². The minimum absolute atomic E-state index is 0.0429. The molecule has 31 heavy (non-hydrogen) atoms. The summed E-state index contributed by atoms with van der Waals surface area (Å²) in [6.45, 7) is 2.35. The lowest BCUT2D eigenvalue weighted by Crippen LogP contribution is -2.31. The molecule has 0 atom stereocenters. The van der Waals surface area contributed by atoms with E-state index in [9.17, 15) is 9.59 Å². The Kier molecular flexibility index (Phi) is 5.06. The maximum Gasteiger partial charge on any atom is 0.274 e. The van der Waals surface area contributed by atoms with Gasteiger partial charge in [-0.3, -0.25) is 19.5 Å². The molecule has 0 saturated carbocycles. The summed E-state index contributed by atoms with van der Waals surface area (Å²) < 4.78 is 0. The number of carbonyl (C=O) groups excluding carboxylic acids is 1. The number of amides is 1. The maximum absolute atomic E-state index is 12.4. The van der Waals surface area contributed by atoms with Crippen LogP contribution in [0, 0.1) is 0 Å². The van der Waals surface area contributed by atoms with Gasteiger partial charge in [0.2, 0.25) is 0 Å². The number of fused-ring (bicyclic) bond motifs is 2. The topological polar surface area (TPSA) is 78.1 Å². The van der Waals surface area contributed by atoms with Crippen LogP contribution in [0.25, 0.3) is 10.9 Å². The summed E-state index contributed by atoms with van der Waals surface area (Å²) in [5, 5.41) is 3.64. The first-order valence-electron chi connectivity index (χ1n) is 10.3. The maximum atomic E-state index is 12.4. The van der Waals surface area contributed by atoms with Gasteiger partial charge in [0.15, 0.2) is 5.43 Å². The third-order valence-electron chi connectivity index (χ3n) is 5.64. The number of hydrogen-bond donors (Lipinski definition) is 2. The van der Waals surface area contributed by atoms with E-state index in [1.807, 2.05) is 36.4 Å². The van der Waals surface area contributed by atoms with Crippen LogP contribution in [0.1, 0.15) is 27.3 Å². The highest BCUT2D eigenvalue weighted by molar-refractivity contribution is 6.02. The van der Waals surface area contributed by atoms with Gasteiger partial charge in [-0.15, -0.1) is 0 Å². The number of aromatic amines is 1. The van der Waals surface area contributed by atoms with Gasteiger partial charge in [0.1, 0.15) is 5.69 Å². The molecule has 0 aliphatic carbocycles. The Morgan fingerprint density at radius 1 is 1.03 bits per heavy atom. The number of rotatable bonds is 4. The van der Waals surface area contributed by atoms with Crippen molar-refractivity contribution in [3.8, 4) is 0 Å². The zero-order chi connectivity index (χ0) is 21.2. The molecule has 2 aromatic carbocycles. The molecule has 2 aromatic heterocycles. The smallest absolute Gasteiger partial charge is 0.274 e. The molecule has 1 amide bonds. The van der Waals surface area contributed by atoms with Crippen LogP contribution in [0.4, 0.5) is 5.69 Å². The van der Waals surface area contributed by atoms with E-state index in [1.165, 1.54) is 11.1 Å². The van der Waals surface area contributed by atoms with Crippen LogP contribution in [0.5, 0.6) is 0 Å². The monoisotopic (exact) mass is 410 g/mol. The van der Waals surface area contributed by atoms with Crippen molar-refractivity contribution < 1.29 is 4.79 Å². The molecule has 0 bridgehead atoms. The van der Waals surface area contributed by atoms with Gasteiger partial charge < -0.3 is 10.3 Å². The average molecular weight is 410 g/mol. The Morgan fingerprint density at radius 3 is 2.77 bits per heavy atom. The van der Waals surface area contributed by atoms with Crippen LogP contribution >= 0.6 is 0 Å². The molecule has 6 heteroatoms. The van der Waals surface area contributed by atoms with Gasteiger partial charge in [-0.1, -0.05) is 24.3 Å². The van der Waals surface area contributed by atoms with Crippen molar-refractivity contribution in [1.82, 2.24) is 14.9 Å². The normalized spacial score (nSPS) is 13.7. The van der Waals surface area contributed by atoms with E-state index in [0.717, 1.165) is 36.4 Å². The number of benzene rings is 2. The highest BCUT2D eigenvalue weighted by Gasteiger charge is 2.18. The SMILES string of the molecule is O=C(Nc1ccc2c(c1)CN(Cc1cc(=O)c3ccccc3[nH]1)CC2)c1ccccn1. The first kappa shape index (κ1) is 19.2. The third kappa shape index (κ3) is 4.11. The summed E-state index contributed by atoms with van der Waals surface area (Å²) in [4.78, 5) is 34.6. The van der Waals surface area contributed by atoms with E-state index in [4.69, 9.17) is 0 Å². The quantitative estimate of drug-likeness (QED) is 0.537. The lowest BCUT2D eigenvalue weighted by atomic mass is 9.98. The van der Waals surface area contributed by atoms with Crippen molar-refractivity contribution in [1.29, 1.82) is 0 Å². The molecule has 154 valence electrons. The third-order valence-corrected chi connectivity index (χ3v) is 5.64. The number of H-pyrrole nitrogens is 1. The summed E-state index contributed by atoms with van der Waals surface area (Å²) in [6.07, 6.45) is 2.54. The van der Waals surface area contributed by atoms with E-state index in [-0.39, 0.29) is 11.3 Å². The van der Waals surface area contributed by atoms with E-state index < -0.39 is 0 Å². The van der Waals surface area contributed by atoms with Crippen LogP contribution in [-0.2, 0) is 19.5 Å². The number of nitrogens with one attached hydrogen (secondary N) is 2. The summed E-state index contributed by atoms with van der Waals surface area (Å²) in [5.41, 5.74) is 5.44. The van der Waals surface area contributed by atoms with E-state index in [2.05, 4.69) is 26.3 Å². The zero-order valence-corrected chi connectivity index (χ0v) is 17.0. The van der Waals surface area contributed by atoms with E-state index in [0.29, 0.717) is 17.6 Å². The number of hydrogen-bond acceptors (Lipinski definition) is 4. The second-order valence-electron chi connectivity index (χ2n) is 7.82. The number of carbonyl (C=O) groups is 1. The molecular formula is C25H22N4O2. The second-order valence-corrected chi connectivity index (χ2v) is 7.82. The van der Waals surface area contributed by atoms with E-state index in [1.54, 1.807) is 30.5 Å². The van der Waals surface area contributed by atoms with Gasteiger partial charge >= 0.3 is 0 Å². The lowest BCUT2D eigenvalue weighted by molar-refractivity contribution is 0.102. The molecule has 5 rings (SSSR count). The van der Waals surface area contributed by atoms with Crippen LogP contribution < -0.4 is 10.7 Å². The van der Waals surface area contributed by atoms with Gasteiger partial charge in [-0.2, -0.15) is 0 Å². The Labute approximate surface area is 179 Å². The summed E-state index contributed by atoms with van der Waals surface area (Å²) >= 11 is 0. The Balaban J connectivity index is 1.32. The first-order valence-corrected chi connectivity index (χ1v) is 10.3. The van der Waals surface area contributed by atoms with Gasteiger partial charge in [-0.05, 0) is 53.9 Å². The average Bonchev–Trinajstić information content (AvgIpc) is 2.79. The lowest BCUT2D eigenvalue weighted by Gasteiger charge is -2.29. The van der Waals surface area contributed by atoms with Gasteiger partial charge in [0.05, 0.1) is 0 Å². The predicted octanol–water partition coefficient (Wildman–Crippen LogP) is 3.73. The van der Waals surface area contributed by atoms with Crippen LogP contribution in [0.3, 0.4) is 0 Å². The van der Waals surface area contributed by atoms with Crippen molar-refractivity contribution >= 4 is 22.5 Å². The molecule has 6 nitrogen and oxygen atoms in total. The number of pyridine rings is 2. The van der Waals surface area contributed by atoms with Crippen LogP contribution in [0.2, 0.25) is 0 Å². The molecule has 1 aliphatic rings. The Hall–Kier alpha value is -3.77. The molecule has 0 saturated heterocycles. The van der Waals surface area contributed by atoms with Crippen LogP contribution in [-0.4, -0.2) is 27.3 Å². The highest BCUT2D eigenvalue weighted by Crippen LogP contribution is 2.24. The Bertz CT molecular complexity index is 1310. The fourth-order valence-corrected chi connectivity index (χ4v) is 4.10. The number of para-hydroxylation sites is 1. The molecule has 2 N–H and O–H groups in total. The fraction of sp³-hybridized carbons (Fsp3) is 0.160. The largest absolute Gasteiger partial charge is 0.357 e. The summed E-state index contributed by atoms with van der Waals surface area (Å²) in [7, 11) is 0. The van der Waals surface area contributed by atoms with E-state index >= 15 is 0 Å². The molecule has 0 radical (unpaired) electrons. The molecule has 1 aliphatic heterocycles. The first-order chi connectivity index (χ1) is 15.2. The zero-order valence-electron chi connectivity index (χ0n) is 17.0. The van der Waals surface area contributed by atoms with Crippen molar-refractivity contribution in [3.05, 3.63) is 106 Å². The predicted molar refractivity (Wildman–Crippen MR) is 121 cm³/mol. The molecule has 3 heterocycles. The second kappa shape index (κ2) is 8.16. The molecular weight excluding hydrogens is 388 g/mol. The minimum Gasteiger partial charge on any atom is -0.357 e. The number of aromatic nitrogens is 2. The minimum atomic E-state index is -0.220. The number of nitrogens with zero attached hydrogens (tertiary/aromatic N) is 2. The van der Waals surface area contributed by atoms with Crippen molar-refractivity contribution in [2.24, 2.45) is 0 Å². The van der Waals surface area contributed by atoms with Crippen LogP contribution in [0.15, 0.2) is 77.7 Å². The van der Waals surface area contributed by atoms with Crippen molar-refractivity contribution in [2.45, 2.75) is 19.5 Å². The summed E-state index contributed by atoms with van der Waals surface area (Å²) in [5.74, 6) is -0.220. The molecule has 0 fully saturated rings. The van der Waals surface area contributed by atoms with Crippen molar-refractivity contribution in [2.75, 3.05) is 11.9 Å². The molecule has 0 unspecified atom stereocenters.